The van der Waals surface area contributed by atoms with Gasteiger partial charge in [-0.05, 0) is 56.4 Å². The van der Waals surface area contributed by atoms with Crippen LogP contribution in [0.15, 0.2) is 42.7 Å². The molecule has 9 heteroatoms. The van der Waals surface area contributed by atoms with E-state index in [1.165, 1.54) is 36.1 Å². The number of hydrogen-bond acceptors (Lipinski definition) is 4. The predicted molar refractivity (Wildman–Crippen MR) is 104 cm³/mol. The number of ether oxygens (including phenoxy) is 1. The van der Waals surface area contributed by atoms with Crippen LogP contribution in [-0.2, 0) is 16.5 Å². The second kappa shape index (κ2) is 9.21. The van der Waals surface area contributed by atoms with Crippen molar-refractivity contribution in [1.82, 2.24) is 9.88 Å². The minimum Gasteiger partial charge on any atom is -0.438 e. The fourth-order valence-electron chi connectivity index (χ4n) is 4.06. The molecule has 1 saturated heterocycles. The predicted octanol–water partition coefficient (Wildman–Crippen LogP) is 5.20. The average molecular weight is 440 g/mol. The zero-order valence-corrected chi connectivity index (χ0v) is 17.0. The molecule has 5 nitrogen and oxygen atoms in total. The van der Waals surface area contributed by atoms with Gasteiger partial charge in [-0.2, -0.15) is 13.2 Å². The van der Waals surface area contributed by atoms with Crippen molar-refractivity contribution in [2.24, 2.45) is 0 Å². The molecule has 3 rings (SSSR count). The molecule has 1 fully saturated rings. The van der Waals surface area contributed by atoms with Crippen LogP contribution in [0.3, 0.4) is 0 Å². The van der Waals surface area contributed by atoms with Gasteiger partial charge in [0.2, 0.25) is 0 Å². The number of hydrogen-bond donors (Lipinski definition) is 1. The molecule has 2 aromatic rings. The summed E-state index contributed by atoms with van der Waals surface area (Å²) in [5, 5.41) is 9.31. The number of rotatable bonds is 6. The van der Waals surface area contributed by atoms with Crippen LogP contribution in [0, 0.1) is 5.82 Å². The normalized spacial score (nSPS) is 20.8. The molecule has 2 heterocycles. The first kappa shape index (κ1) is 23.0. The fraction of sp³-hybridized carbons (Fsp3) is 0.455. The Morgan fingerprint density at radius 2 is 1.97 bits per heavy atom. The maximum absolute atomic E-state index is 13.5. The highest BCUT2D eigenvalue weighted by Gasteiger charge is 2.42. The number of carbonyl (C=O) groups is 1. The van der Waals surface area contributed by atoms with Crippen LogP contribution >= 0.6 is 0 Å². The molecule has 0 spiro atoms. The highest BCUT2D eigenvalue weighted by atomic mass is 19.4. The number of nitrogens with zero attached hydrogens (tertiary/aromatic N) is 2. The molecule has 0 saturated carbocycles. The number of halogens is 4. The number of cyclic esters (lactones) is 1. The molecule has 0 aliphatic carbocycles. The monoisotopic (exact) mass is 440 g/mol. The lowest BCUT2D eigenvalue weighted by atomic mass is 9.85. The largest absolute Gasteiger partial charge is 0.438 e. The highest BCUT2D eigenvalue weighted by Crippen LogP contribution is 2.41. The van der Waals surface area contributed by atoms with Crippen molar-refractivity contribution in [3.8, 4) is 0 Å². The molecule has 1 amide bonds. The van der Waals surface area contributed by atoms with Gasteiger partial charge in [0.25, 0.3) is 0 Å². The zero-order chi connectivity index (χ0) is 22.6. The van der Waals surface area contributed by atoms with Crippen LogP contribution in [0.25, 0.3) is 0 Å². The summed E-state index contributed by atoms with van der Waals surface area (Å²) in [4.78, 5) is 18.1. The summed E-state index contributed by atoms with van der Waals surface area (Å²) < 4.78 is 59.6. The van der Waals surface area contributed by atoms with E-state index in [9.17, 15) is 27.5 Å². The van der Waals surface area contributed by atoms with Gasteiger partial charge in [0.15, 0.2) is 0 Å². The maximum Gasteiger partial charge on any atom is 0.416 e. The van der Waals surface area contributed by atoms with Crippen LogP contribution in [0.2, 0.25) is 0 Å². The number of aromatic nitrogens is 1. The second-order valence-electron chi connectivity index (χ2n) is 7.63. The third kappa shape index (κ3) is 4.98. The van der Waals surface area contributed by atoms with Crippen molar-refractivity contribution in [3.05, 3.63) is 65.2 Å². The molecular formula is C22H24F4N2O3. The Morgan fingerprint density at radius 1 is 1.26 bits per heavy atom. The number of aliphatic hydroxyl groups excluding tert-OH is 1. The summed E-state index contributed by atoms with van der Waals surface area (Å²) >= 11 is 0. The van der Waals surface area contributed by atoms with Gasteiger partial charge < -0.3 is 14.7 Å². The highest BCUT2D eigenvalue weighted by molar-refractivity contribution is 5.69. The van der Waals surface area contributed by atoms with E-state index in [4.69, 9.17) is 4.74 Å². The summed E-state index contributed by atoms with van der Waals surface area (Å²) in [6.07, 6.45) is -1.65. The van der Waals surface area contributed by atoms with Crippen LogP contribution < -0.4 is 0 Å². The second-order valence-corrected chi connectivity index (χ2v) is 7.63. The van der Waals surface area contributed by atoms with Crippen molar-refractivity contribution >= 4 is 6.09 Å². The van der Waals surface area contributed by atoms with Crippen molar-refractivity contribution in [3.63, 3.8) is 0 Å². The lowest BCUT2D eigenvalue weighted by Crippen LogP contribution is -2.38. The summed E-state index contributed by atoms with van der Waals surface area (Å²) in [6, 6.07) is 5.56. The standard InChI is InChI=1S/C22H24F4N2O3/c1-15(18-14-27-11-8-19(18)22(24,25)26)28-12-2-9-21(10-3-13-29,31-20(28)30)16-4-6-17(23)7-5-16/h4-8,11,14-15,29H,2-3,9-10,12-13H2,1H3. The molecule has 0 bridgehead atoms. The molecule has 1 aliphatic rings. The van der Waals surface area contributed by atoms with Gasteiger partial charge in [0.1, 0.15) is 11.4 Å². The Morgan fingerprint density at radius 3 is 2.61 bits per heavy atom. The molecule has 168 valence electrons. The molecule has 2 atom stereocenters. The third-order valence-corrected chi connectivity index (χ3v) is 5.68. The van der Waals surface area contributed by atoms with E-state index in [0.717, 1.165) is 18.5 Å². The van der Waals surface area contributed by atoms with Crippen LogP contribution in [-0.4, -0.2) is 34.2 Å². The van der Waals surface area contributed by atoms with Crippen molar-refractivity contribution in [2.75, 3.05) is 13.2 Å². The molecule has 31 heavy (non-hydrogen) atoms. The third-order valence-electron chi connectivity index (χ3n) is 5.68. The lowest BCUT2D eigenvalue weighted by molar-refractivity contribution is -0.138. The summed E-state index contributed by atoms with van der Waals surface area (Å²) in [7, 11) is 0. The van der Waals surface area contributed by atoms with Gasteiger partial charge in [0, 0.05) is 31.1 Å². The van der Waals surface area contributed by atoms with Crippen LogP contribution in [0.4, 0.5) is 22.4 Å². The zero-order valence-electron chi connectivity index (χ0n) is 17.0. The van der Waals surface area contributed by atoms with Crippen molar-refractivity contribution in [1.29, 1.82) is 0 Å². The number of benzene rings is 1. The molecule has 2 unspecified atom stereocenters. The summed E-state index contributed by atoms with van der Waals surface area (Å²) in [5.74, 6) is -0.437. The molecule has 1 N–H and O–H groups in total. The Hall–Kier alpha value is -2.68. The minimum absolute atomic E-state index is 0.114. The van der Waals surface area contributed by atoms with Crippen LogP contribution in [0.5, 0.6) is 0 Å². The van der Waals surface area contributed by atoms with E-state index in [-0.39, 0.29) is 18.7 Å². The molecular weight excluding hydrogens is 416 g/mol. The Bertz CT molecular complexity index is 904. The SMILES string of the molecule is CC(c1cnccc1C(F)(F)F)N1CCCC(CCCO)(c2ccc(F)cc2)OC1=O. The van der Waals surface area contributed by atoms with E-state index < -0.39 is 35.3 Å². The van der Waals surface area contributed by atoms with Crippen LogP contribution in [0.1, 0.15) is 55.3 Å². The summed E-state index contributed by atoms with van der Waals surface area (Å²) in [6.45, 7) is 1.58. The topological polar surface area (TPSA) is 62.7 Å². The van der Waals surface area contributed by atoms with E-state index in [1.807, 2.05) is 0 Å². The van der Waals surface area contributed by atoms with Gasteiger partial charge in [-0.25, -0.2) is 9.18 Å². The van der Waals surface area contributed by atoms with Crippen molar-refractivity contribution in [2.45, 2.75) is 50.4 Å². The van der Waals surface area contributed by atoms with E-state index in [0.29, 0.717) is 31.2 Å². The summed E-state index contributed by atoms with van der Waals surface area (Å²) in [5.41, 5.74) is -1.47. The minimum atomic E-state index is -4.58. The molecule has 1 aliphatic heterocycles. The molecule has 1 aromatic carbocycles. The lowest BCUT2D eigenvalue weighted by Gasteiger charge is -2.34. The van der Waals surface area contributed by atoms with E-state index >= 15 is 0 Å². The number of aliphatic hydroxyl groups is 1. The van der Waals surface area contributed by atoms with Gasteiger partial charge in [-0.3, -0.25) is 4.98 Å². The Balaban J connectivity index is 1.92. The first-order valence-corrected chi connectivity index (χ1v) is 10.1. The Labute approximate surface area is 177 Å². The fourth-order valence-corrected chi connectivity index (χ4v) is 4.06. The maximum atomic E-state index is 13.5. The first-order valence-electron chi connectivity index (χ1n) is 10.1. The Kier molecular flexibility index (Phi) is 6.83. The van der Waals surface area contributed by atoms with Gasteiger partial charge in [0.05, 0.1) is 11.6 Å². The van der Waals surface area contributed by atoms with Gasteiger partial charge in [-0.15, -0.1) is 0 Å². The molecule has 1 aromatic heterocycles. The van der Waals surface area contributed by atoms with Crippen molar-refractivity contribution < 1.29 is 32.2 Å². The number of alkyl halides is 3. The first-order chi connectivity index (χ1) is 14.7. The number of pyridine rings is 1. The van der Waals surface area contributed by atoms with E-state index in [2.05, 4.69) is 4.98 Å². The average Bonchev–Trinajstić information content (AvgIpc) is 2.91. The number of carbonyl (C=O) groups excluding carboxylic acids is 1. The van der Waals surface area contributed by atoms with Gasteiger partial charge in [-0.1, -0.05) is 12.1 Å². The smallest absolute Gasteiger partial charge is 0.416 e. The molecule has 0 radical (unpaired) electrons. The van der Waals surface area contributed by atoms with E-state index in [1.54, 1.807) is 0 Å². The number of amides is 1. The van der Waals surface area contributed by atoms with Gasteiger partial charge >= 0.3 is 12.3 Å². The quantitative estimate of drug-likeness (QED) is 0.627.